The first-order valence-corrected chi connectivity index (χ1v) is 10.5. The van der Waals surface area contributed by atoms with Gasteiger partial charge in [0.15, 0.2) is 0 Å². The molecule has 1 aliphatic heterocycles. The Balaban J connectivity index is 1.48. The van der Waals surface area contributed by atoms with Gasteiger partial charge in [0.05, 0.1) is 13.3 Å². The lowest BCUT2D eigenvalue weighted by atomic mass is 10.2. The van der Waals surface area contributed by atoms with E-state index in [2.05, 4.69) is 41.3 Å². The van der Waals surface area contributed by atoms with Gasteiger partial charge in [0, 0.05) is 36.9 Å². The number of benzene rings is 2. The Morgan fingerprint density at radius 1 is 1.20 bits per heavy atom. The highest BCUT2D eigenvalue weighted by Crippen LogP contribution is 2.24. The molecule has 6 heteroatoms. The number of nitrogens with zero attached hydrogens (tertiary/aromatic N) is 2. The number of ether oxygens (including phenoxy) is 1. The molecule has 2 N–H and O–H groups in total. The number of hydrogen-bond donors (Lipinski definition) is 2. The van der Waals surface area contributed by atoms with Crippen LogP contribution in [0.4, 0.5) is 15.8 Å². The lowest BCUT2D eigenvalue weighted by molar-refractivity contribution is 0.253. The molecular formula is C24H32FN3O2. The van der Waals surface area contributed by atoms with Crippen LogP contribution < -0.4 is 15.0 Å². The van der Waals surface area contributed by atoms with E-state index in [1.54, 1.807) is 6.08 Å². The predicted molar refractivity (Wildman–Crippen MR) is 122 cm³/mol. The molecule has 2 aromatic rings. The van der Waals surface area contributed by atoms with Crippen LogP contribution in [0.3, 0.4) is 0 Å². The van der Waals surface area contributed by atoms with Crippen molar-refractivity contribution in [3.05, 3.63) is 60.2 Å². The molecule has 2 aromatic carbocycles. The molecular weight excluding hydrogens is 381 g/mol. The number of alkyl halides is 1. The van der Waals surface area contributed by atoms with Crippen LogP contribution in [-0.2, 0) is 0 Å². The molecule has 0 saturated carbocycles. The minimum absolute atomic E-state index is 0.371. The van der Waals surface area contributed by atoms with E-state index in [1.165, 1.54) is 12.1 Å². The van der Waals surface area contributed by atoms with Gasteiger partial charge in [-0.2, -0.15) is 0 Å². The number of aliphatic hydroxyl groups is 1. The Morgan fingerprint density at radius 2 is 1.93 bits per heavy atom. The Labute approximate surface area is 178 Å². The third-order valence-corrected chi connectivity index (χ3v) is 5.34. The van der Waals surface area contributed by atoms with E-state index in [-0.39, 0.29) is 6.67 Å². The molecule has 2 unspecified atom stereocenters. The van der Waals surface area contributed by atoms with E-state index >= 15 is 0 Å². The fraction of sp³-hybridized carbons (Fsp3) is 0.417. The lowest BCUT2D eigenvalue weighted by Crippen LogP contribution is -2.31. The van der Waals surface area contributed by atoms with Crippen LogP contribution in [-0.4, -0.2) is 62.7 Å². The largest absolute Gasteiger partial charge is 0.493 e. The number of rotatable bonds is 10. The minimum atomic E-state index is -0.791. The fourth-order valence-corrected chi connectivity index (χ4v) is 3.51. The van der Waals surface area contributed by atoms with Gasteiger partial charge >= 0.3 is 0 Å². The maximum atomic E-state index is 12.1. The minimum Gasteiger partial charge on any atom is -0.493 e. The standard InChI is InChI=1S/C24H32FN3O2/c1-27(2)22-14-16-28(18-22)21-9-7-20(8-10-21)26-24(29)13-6-19-4-11-23(12-5-19)30-17-3-15-25/h4-13,22,24,26,29H,3,14-18H2,1-2H3/b13-6+. The molecule has 0 aliphatic carbocycles. The summed E-state index contributed by atoms with van der Waals surface area (Å²) in [5.41, 5.74) is 3.04. The summed E-state index contributed by atoms with van der Waals surface area (Å²) in [6, 6.07) is 16.3. The molecule has 3 rings (SSSR count). The highest BCUT2D eigenvalue weighted by molar-refractivity contribution is 5.57. The molecule has 0 amide bonds. The molecule has 2 atom stereocenters. The second-order valence-electron chi connectivity index (χ2n) is 7.81. The second-order valence-corrected chi connectivity index (χ2v) is 7.81. The van der Waals surface area contributed by atoms with Crippen molar-refractivity contribution in [3.63, 3.8) is 0 Å². The summed E-state index contributed by atoms with van der Waals surface area (Å²) in [4.78, 5) is 4.68. The second kappa shape index (κ2) is 11.0. The topological polar surface area (TPSA) is 48.0 Å². The number of likely N-dealkylation sites (N-methyl/N-ethyl adjacent to an activating group) is 1. The third-order valence-electron chi connectivity index (χ3n) is 5.34. The van der Waals surface area contributed by atoms with E-state index in [4.69, 9.17) is 4.74 Å². The van der Waals surface area contributed by atoms with Gasteiger partial charge in [-0.3, -0.25) is 4.39 Å². The number of aliphatic hydroxyl groups excluding tert-OH is 1. The number of nitrogens with one attached hydrogen (secondary N) is 1. The molecule has 0 spiro atoms. The molecule has 1 fully saturated rings. The summed E-state index contributed by atoms with van der Waals surface area (Å²) in [5.74, 6) is 0.717. The zero-order valence-corrected chi connectivity index (χ0v) is 17.8. The van der Waals surface area contributed by atoms with Crippen LogP contribution in [0.25, 0.3) is 6.08 Å². The average Bonchev–Trinajstić information content (AvgIpc) is 3.25. The molecule has 0 bridgehead atoms. The summed E-state index contributed by atoms with van der Waals surface area (Å²) >= 11 is 0. The molecule has 0 aromatic heterocycles. The molecule has 1 saturated heterocycles. The Bertz CT molecular complexity index is 793. The van der Waals surface area contributed by atoms with Gasteiger partial charge in [-0.05, 0) is 68.6 Å². The van der Waals surface area contributed by atoms with Gasteiger partial charge in [-0.15, -0.1) is 0 Å². The van der Waals surface area contributed by atoms with E-state index in [1.807, 2.05) is 42.5 Å². The summed E-state index contributed by atoms with van der Waals surface area (Å²) in [6.45, 7) is 2.12. The molecule has 1 aliphatic rings. The lowest BCUT2D eigenvalue weighted by Gasteiger charge is -2.22. The van der Waals surface area contributed by atoms with Crippen LogP contribution in [0.5, 0.6) is 5.75 Å². The monoisotopic (exact) mass is 413 g/mol. The maximum absolute atomic E-state index is 12.1. The highest BCUT2D eigenvalue weighted by Gasteiger charge is 2.23. The fourth-order valence-electron chi connectivity index (χ4n) is 3.51. The first-order chi connectivity index (χ1) is 14.5. The SMILES string of the molecule is CN(C)C1CCN(c2ccc(NC(O)/C=C/c3ccc(OCCCF)cc3)cc2)C1. The van der Waals surface area contributed by atoms with Crippen LogP contribution in [0.15, 0.2) is 54.6 Å². The van der Waals surface area contributed by atoms with Gasteiger partial charge < -0.3 is 25.0 Å². The summed E-state index contributed by atoms with van der Waals surface area (Å²) in [6.07, 6.45) is 4.34. The zero-order valence-electron chi connectivity index (χ0n) is 17.8. The van der Waals surface area contributed by atoms with E-state index < -0.39 is 6.23 Å². The molecule has 30 heavy (non-hydrogen) atoms. The smallest absolute Gasteiger partial charge is 0.144 e. The van der Waals surface area contributed by atoms with Crippen molar-refractivity contribution in [2.75, 3.05) is 50.7 Å². The first kappa shape index (κ1) is 22.1. The number of halogens is 1. The van der Waals surface area contributed by atoms with Crippen molar-refractivity contribution in [3.8, 4) is 5.75 Å². The first-order valence-electron chi connectivity index (χ1n) is 10.5. The Morgan fingerprint density at radius 3 is 2.57 bits per heavy atom. The average molecular weight is 414 g/mol. The number of hydrogen-bond acceptors (Lipinski definition) is 5. The molecule has 1 heterocycles. The van der Waals surface area contributed by atoms with Crippen LogP contribution >= 0.6 is 0 Å². The number of anilines is 2. The van der Waals surface area contributed by atoms with E-state index in [0.29, 0.717) is 24.8 Å². The quantitative estimate of drug-likeness (QED) is 0.455. The van der Waals surface area contributed by atoms with Gasteiger partial charge in [-0.25, -0.2) is 0 Å². The van der Waals surface area contributed by atoms with Crippen LogP contribution in [0.2, 0.25) is 0 Å². The molecule has 162 valence electrons. The van der Waals surface area contributed by atoms with Crippen LogP contribution in [0.1, 0.15) is 18.4 Å². The van der Waals surface area contributed by atoms with Gasteiger partial charge in [-0.1, -0.05) is 18.2 Å². The summed E-state index contributed by atoms with van der Waals surface area (Å²) < 4.78 is 17.5. The van der Waals surface area contributed by atoms with Crippen molar-refractivity contribution in [2.24, 2.45) is 0 Å². The maximum Gasteiger partial charge on any atom is 0.144 e. The van der Waals surface area contributed by atoms with Crippen molar-refractivity contribution in [1.82, 2.24) is 4.90 Å². The van der Waals surface area contributed by atoms with Crippen molar-refractivity contribution in [1.29, 1.82) is 0 Å². The molecule has 0 radical (unpaired) electrons. The zero-order chi connectivity index (χ0) is 21.3. The van der Waals surface area contributed by atoms with Crippen molar-refractivity contribution >= 4 is 17.5 Å². The van der Waals surface area contributed by atoms with E-state index in [0.717, 1.165) is 24.3 Å². The van der Waals surface area contributed by atoms with Crippen molar-refractivity contribution in [2.45, 2.75) is 25.1 Å². The Kier molecular flexibility index (Phi) is 8.11. The van der Waals surface area contributed by atoms with Crippen molar-refractivity contribution < 1.29 is 14.2 Å². The molecule has 5 nitrogen and oxygen atoms in total. The normalized spacial score (nSPS) is 17.6. The van der Waals surface area contributed by atoms with Gasteiger partial charge in [0.25, 0.3) is 0 Å². The van der Waals surface area contributed by atoms with Crippen LogP contribution in [0, 0.1) is 0 Å². The van der Waals surface area contributed by atoms with Gasteiger partial charge in [0.2, 0.25) is 0 Å². The predicted octanol–water partition coefficient (Wildman–Crippen LogP) is 4.01. The Hall–Kier alpha value is -2.57. The van der Waals surface area contributed by atoms with Gasteiger partial charge in [0.1, 0.15) is 12.0 Å². The third kappa shape index (κ3) is 6.47. The van der Waals surface area contributed by atoms with E-state index in [9.17, 15) is 9.50 Å². The summed E-state index contributed by atoms with van der Waals surface area (Å²) in [5, 5.41) is 13.3. The summed E-state index contributed by atoms with van der Waals surface area (Å²) in [7, 11) is 4.26. The highest BCUT2D eigenvalue weighted by atomic mass is 19.1.